The van der Waals surface area contributed by atoms with Gasteiger partial charge in [0.05, 0.1) is 22.2 Å². The zero-order chi connectivity index (χ0) is 24.9. The molecule has 1 aliphatic rings. The number of hydrogen-bond donors (Lipinski definition) is 2. The SMILES string of the molecule is Cc1nc2ccccc2c(=O)n1-c1ccc(C(=O)OCC(=O)NC(=O)NC2CCCCC2C)cc1. The van der Waals surface area contributed by atoms with E-state index in [1.165, 1.54) is 16.7 Å². The van der Waals surface area contributed by atoms with Crippen molar-refractivity contribution in [3.63, 3.8) is 0 Å². The quantitative estimate of drug-likeness (QED) is 0.546. The van der Waals surface area contributed by atoms with E-state index in [0.717, 1.165) is 25.7 Å². The number of carbonyl (C=O) groups excluding carboxylic acids is 3. The number of imide groups is 1. The first-order chi connectivity index (χ1) is 16.8. The predicted molar refractivity (Wildman–Crippen MR) is 130 cm³/mol. The highest BCUT2D eigenvalue weighted by molar-refractivity contribution is 5.97. The molecule has 2 unspecified atom stereocenters. The fourth-order valence-corrected chi connectivity index (χ4v) is 4.41. The van der Waals surface area contributed by atoms with Crippen LogP contribution in [0.5, 0.6) is 0 Å². The third-order valence-electron chi connectivity index (χ3n) is 6.32. The normalized spacial score (nSPS) is 17.5. The number of benzene rings is 2. The number of nitrogens with zero attached hydrogens (tertiary/aromatic N) is 2. The molecule has 9 heteroatoms. The Kier molecular flexibility index (Phi) is 7.24. The maximum absolute atomic E-state index is 12.9. The van der Waals surface area contributed by atoms with Crippen LogP contribution in [-0.2, 0) is 9.53 Å². The van der Waals surface area contributed by atoms with Crippen molar-refractivity contribution in [1.82, 2.24) is 20.2 Å². The lowest BCUT2D eigenvalue weighted by Crippen LogP contribution is -2.48. The van der Waals surface area contributed by atoms with E-state index in [-0.39, 0.29) is 17.2 Å². The largest absolute Gasteiger partial charge is 0.452 e. The lowest BCUT2D eigenvalue weighted by Gasteiger charge is -2.29. The Labute approximate surface area is 202 Å². The average molecular weight is 477 g/mol. The highest BCUT2D eigenvalue weighted by Crippen LogP contribution is 2.23. The monoisotopic (exact) mass is 476 g/mol. The van der Waals surface area contributed by atoms with E-state index in [0.29, 0.717) is 28.3 Å². The number of esters is 1. The van der Waals surface area contributed by atoms with Gasteiger partial charge in [0, 0.05) is 6.04 Å². The molecule has 2 aromatic carbocycles. The van der Waals surface area contributed by atoms with E-state index < -0.39 is 24.5 Å². The van der Waals surface area contributed by atoms with Gasteiger partial charge in [-0.25, -0.2) is 14.6 Å². The van der Waals surface area contributed by atoms with E-state index in [9.17, 15) is 19.2 Å². The van der Waals surface area contributed by atoms with Crippen LogP contribution in [0.4, 0.5) is 4.79 Å². The number of nitrogens with one attached hydrogen (secondary N) is 2. The number of aromatic nitrogens is 2. The van der Waals surface area contributed by atoms with Crippen LogP contribution in [0.3, 0.4) is 0 Å². The van der Waals surface area contributed by atoms with E-state index in [1.54, 1.807) is 37.3 Å². The molecule has 9 nitrogen and oxygen atoms in total. The standard InChI is InChI=1S/C26H28N4O5/c1-16-7-3-5-9-21(16)28-26(34)29-23(31)15-35-25(33)18-11-13-19(14-12-18)30-17(2)27-22-10-6-4-8-20(22)24(30)32/h4,6,8,10-14,16,21H,3,5,7,9,15H2,1-2H3,(H2,28,29,31,34). The van der Waals surface area contributed by atoms with E-state index >= 15 is 0 Å². The molecular weight excluding hydrogens is 448 g/mol. The van der Waals surface area contributed by atoms with E-state index in [1.807, 2.05) is 6.07 Å². The van der Waals surface area contributed by atoms with Gasteiger partial charge in [-0.15, -0.1) is 0 Å². The molecule has 0 saturated heterocycles. The van der Waals surface area contributed by atoms with Crippen molar-refractivity contribution in [1.29, 1.82) is 0 Å². The number of ether oxygens (including phenoxy) is 1. The summed E-state index contributed by atoms with van der Waals surface area (Å²) in [5.74, 6) is -0.550. The van der Waals surface area contributed by atoms with Crippen LogP contribution in [-0.4, -0.2) is 40.1 Å². The number of para-hydroxylation sites is 1. The first-order valence-electron chi connectivity index (χ1n) is 11.7. The van der Waals surface area contributed by atoms with Crippen LogP contribution < -0.4 is 16.2 Å². The lowest BCUT2D eigenvalue weighted by molar-refractivity contribution is -0.123. The van der Waals surface area contributed by atoms with Crippen LogP contribution in [0.2, 0.25) is 0 Å². The summed E-state index contributed by atoms with van der Waals surface area (Å²) in [4.78, 5) is 53.9. The molecule has 0 aliphatic heterocycles. The van der Waals surface area contributed by atoms with Gasteiger partial charge in [-0.3, -0.25) is 19.5 Å². The van der Waals surface area contributed by atoms with Crippen molar-refractivity contribution < 1.29 is 19.1 Å². The third-order valence-corrected chi connectivity index (χ3v) is 6.32. The molecule has 4 rings (SSSR count). The molecule has 0 radical (unpaired) electrons. The van der Waals surface area contributed by atoms with Crippen LogP contribution in [0.15, 0.2) is 53.3 Å². The van der Waals surface area contributed by atoms with Gasteiger partial charge in [-0.05, 0) is 62.1 Å². The van der Waals surface area contributed by atoms with Crippen LogP contribution >= 0.6 is 0 Å². The molecule has 1 saturated carbocycles. The minimum atomic E-state index is -0.714. The van der Waals surface area contributed by atoms with E-state index in [2.05, 4.69) is 22.5 Å². The summed E-state index contributed by atoms with van der Waals surface area (Å²) < 4.78 is 6.51. The summed E-state index contributed by atoms with van der Waals surface area (Å²) in [6.07, 6.45) is 4.12. The molecular formula is C26H28N4O5. The molecule has 0 spiro atoms. The van der Waals surface area contributed by atoms with Gasteiger partial charge in [-0.1, -0.05) is 31.9 Å². The minimum Gasteiger partial charge on any atom is -0.452 e. The highest BCUT2D eigenvalue weighted by atomic mass is 16.5. The van der Waals surface area contributed by atoms with Gasteiger partial charge in [0.25, 0.3) is 11.5 Å². The van der Waals surface area contributed by atoms with E-state index in [4.69, 9.17) is 4.74 Å². The molecule has 3 amide bonds. The maximum Gasteiger partial charge on any atom is 0.338 e. The van der Waals surface area contributed by atoms with Crippen molar-refractivity contribution in [2.24, 2.45) is 5.92 Å². The Bertz CT molecular complexity index is 1320. The number of carbonyl (C=O) groups is 3. The summed E-state index contributed by atoms with van der Waals surface area (Å²) in [6, 6.07) is 12.8. The Morgan fingerprint density at radius 3 is 2.51 bits per heavy atom. The molecule has 1 aromatic heterocycles. The zero-order valence-corrected chi connectivity index (χ0v) is 19.7. The molecule has 0 bridgehead atoms. The van der Waals surface area contributed by atoms with Gasteiger partial charge in [0.1, 0.15) is 5.82 Å². The Balaban J connectivity index is 1.35. The Morgan fingerprint density at radius 2 is 1.77 bits per heavy atom. The molecule has 1 heterocycles. The number of urea groups is 1. The summed E-state index contributed by atoms with van der Waals surface area (Å²) >= 11 is 0. The molecule has 3 aromatic rings. The molecule has 182 valence electrons. The minimum absolute atomic E-state index is 0.0339. The smallest absolute Gasteiger partial charge is 0.338 e. The molecule has 2 N–H and O–H groups in total. The zero-order valence-electron chi connectivity index (χ0n) is 19.7. The summed E-state index contributed by atoms with van der Waals surface area (Å²) in [6.45, 7) is 3.23. The fraction of sp³-hybridized carbons (Fsp3) is 0.346. The van der Waals surface area contributed by atoms with Crippen molar-refractivity contribution >= 4 is 28.8 Å². The maximum atomic E-state index is 12.9. The van der Waals surface area contributed by atoms with Crippen molar-refractivity contribution in [3.05, 3.63) is 70.3 Å². The molecule has 1 aliphatic carbocycles. The highest BCUT2D eigenvalue weighted by Gasteiger charge is 2.23. The van der Waals surface area contributed by atoms with Crippen molar-refractivity contribution in [3.8, 4) is 5.69 Å². The van der Waals surface area contributed by atoms with Crippen LogP contribution in [0, 0.1) is 12.8 Å². The van der Waals surface area contributed by atoms with Crippen molar-refractivity contribution in [2.45, 2.75) is 45.6 Å². The molecule has 1 fully saturated rings. The summed E-state index contributed by atoms with van der Waals surface area (Å²) in [5.41, 5.74) is 1.17. The second-order valence-electron chi connectivity index (χ2n) is 8.83. The average Bonchev–Trinajstić information content (AvgIpc) is 2.84. The first kappa shape index (κ1) is 24.1. The molecule has 2 atom stereocenters. The number of hydrogen-bond acceptors (Lipinski definition) is 6. The second-order valence-corrected chi connectivity index (χ2v) is 8.83. The summed E-state index contributed by atoms with van der Waals surface area (Å²) in [7, 11) is 0. The van der Waals surface area contributed by atoms with Gasteiger partial charge >= 0.3 is 12.0 Å². The van der Waals surface area contributed by atoms with Crippen LogP contribution in [0.1, 0.15) is 48.8 Å². The topological polar surface area (TPSA) is 119 Å². The number of aryl methyl sites for hydroxylation is 1. The lowest BCUT2D eigenvalue weighted by atomic mass is 9.86. The number of amides is 3. The van der Waals surface area contributed by atoms with Gasteiger partial charge in [0.2, 0.25) is 0 Å². The van der Waals surface area contributed by atoms with Gasteiger partial charge in [0.15, 0.2) is 6.61 Å². The first-order valence-corrected chi connectivity index (χ1v) is 11.7. The number of fused-ring (bicyclic) bond motifs is 1. The Hall–Kier alpha value is -4.01. The molecule has 35 heavy (non-hydrogen) atoms. The predicted octanol–water partition coefficient (Wildman–Crippen LogP) is 3.26. The van der Waals surface area contributed by atoms with Gasteiger partial charge < -0.3 is 10.1 Å². The van der Waals surface area contributed by atoms with Crippen LogP contribution in [0.25, 0.3) is 16.6 Å². The van der Waals surface area contributed by atoms with Crippen molar-refractivity contribution in [2.75, 3.05) is 6.61 Å². The summed E-state index contributed by atoms with van der Waals surface area (Å²) in [5, 5.41) is 5.51. The third kappa shape index (κ3) is 5.56. The fourth-order valence-electron chi connectivity index (χ4n) is 4.41. The Morgan fingerprint density at radius 1 is 1.06 bits per heavy atom. The van der Waals surface area contributed by atoms with Gasteiger partial charge in [-0.2, -0.15) is 0 Å². The second kappa shape index (κ2) is 10.5. The number of rotatable bonds is 5.